The molecular weight excluding hydrogens is 324 g/mol. The van der Waals surface area contributed by atoms with Crippen LogP contribution in [0.5, 0.6) is 0 Å². The summed E-state index contributed by atoms with van der Waals surface area (Å²) in [6.45, 7) is 0.0936. The maximum atomic E-state index is 13.0. The van der Waals surface area contributed by atoms with E-state index in [0.29, 0.717) is 16.6 Å². The van der Waals surface area contributed by atoms with E-state index in [2.05, 4.69) is 10.3 Å². The van der Waals surface area contributed by atoms with Crippen LogP contribution in [0.1, 0.15) is 0 Å². The summed E-state index contributed by atoms with van der Waals surface area (Å²) in [5.74, 6) is -0.0447. The van der Waals surface area contributed by atoms with Crippen molar-refractivity contribution in [2.24, 2.45) is 0 Å². The van der Waals surface area contributed by atoms with Gasteiger partial charge in [0.25, 0.3) is 11.5 Å². The van der Waals surface area contributed by atoms with Crippen LogP contribution in [0.15, 0.2) is 59.4 Å². The summed E-state index contributed by atoms with van der Waals surface area (Å²) in [5.41, 5.74) is 0.898. The van der Waals surface area contributed by atoms with Crippen molar-refractivity contribution in [1.29, 1.82) is 0 Å². The SMILES string of the molecule is O=C1CNC(=S)N1c1nc2ccccc2c(=O)n1-c1ccccc1. The number of para-hydroxylation sites is 2. The molecule has 118 valence electrons. The summed E-state index contributed by atoms with van der Waals surface area (Å²) in [5, 5.41) is 3.54. The summed E-state index contributed by atoms with van der Waals surface area (Å²) in [6, 6.07) is 16.1. The molecule has 1 aromatic heterocycles. The average molecular weight is 336 g/mol. The van der Waals surface area contributed by atoms with E-state index in [1.54, 1.807) is 36.4 Å². The Labute approximate surface area is 142 Å². The van der Waals surface area contributed by atoms with E-state index in [0.717, 1.165) is 0 Å². The maximum Gasteiger partial charge on any atom is 0.267 e. The van der Waals surface area contributed by atoms with Crippen molar-refractivity contribution in [2.75, 3.05) is 11.4 Å². The standard InChI is InChI=1S/C17H12N4O2S/c22-14-10-18-17(24)21(14)16-19-13-9-5-4-8-12(13)15(23)20(16)11-6-2-1-3-7-11/h1-9H,10H2,(H,18,24). The molecule has 1 amide bonds. The molecule has 0 bridgehead atoms. The van der Waals surface area contributed by atoms with E-state index < -0.39 is 0 Å². The van der Waals surface area contributed by atoms with Gasteiger partial charge in [-0.15, -0.1) is 0 Å². The summed E-state index contributed by atoms with van der Waals surface area (Å²) in [4.78, 5) is 31.1. The Morgan fingerprint density at radius 1 is 1.00 bits per heavy atom. The molecule has 0 unspecified atom stereocenters. The van der Waals surface area contributed by atoms with Crippen molar-refractivity contribution < 1.29 is 4.79 Å². The lowest BCUT2D eigenvalue weighted by molar-refractivity contribution is -0.115. The number of nitrogens with one attached hydrogen (secondary N) is 1. The van der Waals surface area contributed by atoms with Crippen LogP contribution in [-0.2, 0) is 4.79 Å². The number of hydrogen-bond donors (Lipinski definition) is 1. The highest BCUT2D eigenvalue weighted by Crippen LogP contribution is 2.21. The molecule has 6 nitrogen and oxygen atoms in total. The average Bonchev–Trinajstić information content (AvgIpc) is 2.94. The van der Waals surface area contributed by atoms with Gasteiger partial charge in [0.2, 0.25) is 5.95 Å². The van der Waals surface area contributed by atoms with Gasteiger partial charge in [-0.3, -0.25) is 9.59 Å². The summed E-state index contributed by atoms with van der Waals surface area (Å²) >= 11 is 5.21. The molecule has 1 N–H and O–H groups in total. The summed E-state index contributed by atoms with van der Waals surface area (Å²) in [6.07, 6.45) is 0. The number of amides is 1. The van der Waals surface area contributed by atoms with E-state index in [1.165, 1.54) is 9.47 Å². The van der Waals surface area contributed by atoms with Gasteiger partial charge in [0, 0.05) is 0 Å². The number of rotatable bonds is 2. The van der Waals surface area contributed by atoms with Gasteiger partial charge in [0.1, 0.15) is 0 Å². The second kappa shape index (κ2) is 5.54. The number of thiocarbonyl (C=S) groups is 1. The Morgan fingerprint density at radius 2 is 1.71 bits per heavy atom. The molecular formula is C17H12N4O2S. The van der Waals surface area contributed by atoms with E-state index in [9.17, 15) is 9.59 Å². The second-order valence-corrected chi connectivity index (χ2v) is 5.68. The van der Waals surface area contributed by atoms with Gasteiger partial charge < -0.3 is 5.32 Å². The first-order valence-corrected chi connectivity index (χ1v) is 7.75. The number of anilines is 1. The molecule has 2 heterocycles. The van der Waals surface area contributed by atoms with Crippen LogP contribution in [0.4, 0.5) is 5.95 Å². The third kappa shape index (κ3) is 2.17. The lowest BCUT2D eigenvalue weighted by atomic mass is 10.2. The number of carbonyl (C=O) groups is 1. The van der Waals surface area contributed by atoms with E-state index >= 15 is 0 Å². The minimum absolute atomic E-state index is 0.0936. The molecule has 3 aromatic rings. The highest BCUT2D eigenvalue weighted by molar-refractivity contribution is 7.80. The van der Waals surface area contributed by atoms with Crippen LogP contribution in [0.25, 0.3) is 16.6 Å². The zero-order chi connectivity index (χ0) is 16.7. The van der Waals surface area contributed by atoms with Gasteiger partial charge in [0.15, 0.2) is 5.11 Å². The van der Waals surface area contributed by atoms with Crippen LogP contribution >= 0.6 is 12.2 Å². The molecule has 0 aliphatic carbocycles. The lowest BCUT2D eigenvalue weighted by Crippen LogP contribution is -2.37. The highest BCUT2D eigenvalue weighted by atomic mass is 32.1. The molecule has 0 saturated carbocycles. The van der Waals surface area contributed by atoms with Crippen LogP contribution in [-0.4, -0.2) is 27.1 Å². The topological polar surface area (TPSA) is 67.2 Å². The van der Waals surface area contributed by atoms with Gasteiger partial charge in [-0.2, -0.15) is 0 Å². The molecule has 0 radical (unpaired) electrons. The number of carbonyl (C=O) groups excluding carboxylic acids is 1. The summed E-state index contributed by atoms with van der Waals surface area (Å²) in [7, 11) is 0. The maximum absolute atomic E-state index is 13.0. The molecule has 2 aromatic carbocycles. The fraction of sp³-hybridized carbons (Fsp3) is 0.0588. The largest absolute Gasteiger partial charge is 0.353 e. The Balaban J connectivity index is 2.09. The first kappa shape index (κ1) is 14.5. The quantitative estimate of drug-likeness (QED) is 0.720. The minimum Gasteiger partial charge on any atom is -0.353 e. The van der Waals surface area contributed by atoms with Gasteiger partial charge >= 0.3 is 0 Å². The number of nitrogens with zero attached hydrogens (tertiary/aromatic N) is 3. The molecule has 1 saturated heterocycles. The van der Waals surface area contributed by atoms with Gasteiger partial charge in [-0.25, -0.2) is 14.5 Å². The van der Waals surface area contributed by atoms with Gasteiger partial charge in [0.05, 0.1) is 23.1 Å². The molecule has 7 heteroatoms. The zero-order valence-electron chi connectivity index (χ0n) is 12.5. The van der Waals surface area contributed by atoms with E-state index in [1.807, 2.05) is 18.2 Å². The van der Waals surface area contributed by atoms with Crippen LogP contribution < -0.4 is 15.8 Å². The number of fused-ring (bicyclic) bond motifs is 1. The fourth-order valence-electron chi connectivity index (χ4n) is 2.71. The number of hydrogen-bond acceptors (Lipinski definition) is 4. The monoisotopic (exact) mass is 336 g/mol. The molecule has 1 aliphatic heterocycles. The Hall–Kier alpha value is -3.06. The normalized spacial score (nSPS) is 14.2. The predicted molar refractivity (Wildman–Crippen MR) is 95.4 cm³/mol. The molecule has 1 fully saturated rings. The molecule has 24 heavy (non-hydrogen) atoms. The Morgan fingerprint density at radius 3 is 2.42 bits per heavy atom. The van der Waals surface area contributed by atoms with Crippen LogP contribution in [0.2, 0.25) is 0 Å². The third-order valence-corrected chi connectivity index (χ3v) is 4.14. The number of aromatic nitrogens is 2. The first-order valence-electron chi connectivity index (χ1n) is 7.35. The van der Waals surface area contributed by atoms with Gasteiger partial charge in [-0.05, 0) is 36.5 Å². The first-order chi connectivity index (χ1) is 11.7. The predicted octanol–water partition coefficient (Wildman–Crippen LogP) is 1.61. The van der Waals surface area contributed by atoms with E-state index in [4.69, 9.17) is 12.2 Å². The Kier molecular flexibility index (Phi) is 3.35. The van der Waals surface area contributed by atoms with Crippen molar-refractivity contribution in [3.63, 3.8) is 0 Å². The summed E-state index contributed by atoms with van der Waals surface area (Å²) < 4.78 is 1.42. The minimum atomic E-state index is -0.246. The zero-order valence-corrected chi connectivity index (χ0v) is 13.3. The van der Waals surface area contributed by atoms with Crippen molar-refractivity contribution in [1.82, 2.24) is 14.9 Å². The van der Waals surface area contributed by atoms with Crippen molar-refractivity contribution >= 4 is 40.1 Å². The van der Waals surface area contributed by atoms with Crippen molar-refractivity contribution in [3.05, 3.63) is 65.0 Å². The molecule has 0 spiro atoms. The Bertz CT molecular complexity index is 1010. The van der Waals surface area contributed by atoms with Crippen LogP contribution in [0, 0.1) is 0 Å². The lowest BCUT2D eigenvalue weighted by Gasteiger charge is -2.19. The molecule has 1 aliphatic rings. The smallest absolute Gasteiger partial charge is 0.267 e. The van der Waals surface area contributed by atoms with Crippen molar-refractivity contribution in [3.8, 4) is 5.69 Å². The molecule has 4 rings (SSSR count). The van der Waals surface area contributed by atoms with E-state index in [-0.39, 0.29) is 29.1 Å². The van der Waals surface area contributed by atoms with Gasteiger partial charge in [-0.1, -0.05) is 30.3 Å². The second-order valence-electron chi connectivity index (χ2n) is 5.29. The highest BCUT2D eigenvalue weighted by Gasteiger charge is 2.31. The van der Waals surface area contributed by atoms with Crippen LogP contribution in [0.3, 0.4) is 0 Å². The molecule has 0 atom stereocenters. The number of benzene rings is 2. The third-order valence-electron chi connectivity index (χ3n) is 3.82. The fourth-order valence-corrected chi connectivity index (χ4v) is 2.96. The van der Waals surface area contributed by atoms with Crippen molar-refractivity contribution in [2.45, 2.75) is 0 Å².